The van der Waals surface area contributed by atoms with Crippen LogP contribution < -0.4 is 10.2 Å². The lowest BCUT2D eigenvalue weighted by atomic mass is 10.1. The zero-order chi connectivity index (χ0) is 22.5. The number of hydrogen-bond donors (Lipinski definition) is 2. The number of hydrogen-bond acceptors (Lipinski definition) is 3. The Balaban J connectivity index is 1.92. The van der Waals surface area contributed by atoms with E-state index in [0.29, 0.717) is 22.0 Å². The molecule has 0 saturated heterocycles. The normalized spacial score (nSPS) is 10.5. The fraction of sp³-hybridized carbons (Fsp3) is 0.174. The number of nitrogens with zero attached hydrogens (tertiary/aromatic N) is 2. The van der Waals surface area contributed by atoms with E-state index in [1.165, 1.54) is 4.90 Å². The van der Waals surface area contributed by atoms with E-state index in [-0.39, 0.29) is 12.3 Å². The summed E-state index contributed by atoms with van der Waals surface area (Å²) in [6.07, 6.45) is 0. The number of aromatic nitrogens is 1. The molecule has 1 aromatic heterocycles. The Morgan fingerprint density at radius 3 is 2.32 bits per heavy atom. The predicted molar refractivity (Wildman–Crippen MR) is 119 cm³/mol. The molecule has 0 radical (unpaired) electrons. The summed E-state index contributed by atoms with van der Waals surface area (Å²) in [6, 6.07) is 16.9. The van der Waals surface area contributed by atoms with Gasteiger partial charge in [0.2, 0.25) is 5.78 Å². The summed E-state index contributed by atoms with van der Waals surface area (Å²) in [4.78, 5) is 38.1. The molecule has 160 valence electrons. The van der Waals surface area contributed by atoms with Gasteiger partial charge in [0.25, 0.3) is 0 Å². The average molecular weight is 440 g/mol. The third kappa shape index (κ3) is 5.13. The van der Waals surface area contributed by atoms with Gasteiger partial charge in [0, 0.05) is 29.0 Å². The fourth-order valence-electron chi connectivity index (χ4n) is 3.34. The predicted octanol–water partition coefficient (Wildman–Crippen LogP) is 4.02. The monoisotopic (exact) mass is 439 g/mol. The Labute approximate surface area is 184 Å². The smallest absolute Gasteiger partial charge is 0.323 e. The minimum atomic E-state index is -1.13. The minimum absolute atomic E-state index is 0.149. The lowest BCUT2D eigenvalue weighted by Crippen LogP contribution is -2.42. The van der Waals surface area contributed by atoms with Crippen molar-refractivity contribution in [2.24, 2.45) is 7.05 Å². The summed E-state index contributed by atoms with van der Waals surface area (Å²) >= 11 is 5.92. The Bertz CT molecular complexity index is 1110. The number of para-hydroxylation sites is 1. The zero-order valence-corrected chi connectivity index (χ0v) is 17.9. The Hall–Kier alpha value is -3.58. The van der Waals surface area contributed by atoms with Gasteiger partial charge in [0.1, 0.15) is 6.54 Å². The van der Waals surface area contributed by atoms with Crippen LogP contribution in [0.2, 0.25) is 5.02 Å². The number of amides is 2. The summed E-state index contributed by atoms with van der Waals surface area (Å²) in [7, 11) is 1.77. The number of rotatable bonds is 7. The first-order valence-corrected chi connectivity index (χ1v) is 9.93. The number of ketones is 1. The number of aliphatic carboxylic acids is 1. The standard InChI is InChI=1S/C23H22ClN3O4/c1-15-12-19(26(2)21(15)22(30)16-8-10-17(24)11-9-16)14-27(18-6-4-3-5-7-18)23(31)25-13-20(28)29/h3-12H,13-14H2,1-2H3,(H,25,31)(H,28,29). The molecule has 0 unspecified atom stereocenters. The number of urea groups is 1. The molecule has 3 aromatic rings. The third-order valence-corrected chi connectivity index (χ3v) is 5.12. The Morgan fingerprint density at radius 1 is 1.06 bits per heavy atom. The number of aryl methyl sites for hydroxylation is 1. The quantitative estimate of drug-likeness (QED) is 0.544. The van der Waals surface area contributed by atoms with E-state index >= 15 is 0 Å². The van der Waals surface area contributed by atoms with E-state index in [1.807, 2.05) is 19.1 Å². The van der Waals surface area contributed by atoms with Crippen LogP contribution in [0.3, 0.4) is 0 Å². The highest BCUT2D eigenvalue weighted by atomic mass is 35.5. The number of benzene rings is 2. The van der Waals surface area contributed by atoms with Crippen molar-refractivity contribution in [3.63, 3.8) is 0 Å². The van der Waals surface area contributed by atoms with Crippen LogP contribution in [-0.2, 0) is 18.4 Å². The first-order chi connectivity index (χ1) is 14.8. The van der Waals surface area contributed by atoms with Gasteiger partial charge in [0.05, 0.1) is 12.2 Å². The van der Waals surface area contributed by atoms with Crippen molar-refractivity contribution in [1.82, 2.24) is 9.88 Å². The maximum atomic E-state index is 13.1. The van der Waals surface area contributed by atoms with Crippen LogP contribution in [-0.4, -0.2) is 34.0 Å². The van der Waals surface area contributed by atoms with Crippen LogP contribution in [0.4, 0.5) is 10.5 Å². The molecule has 2 aromatic carbocycles. The van der Waals surface area contributed by atoms with E-state index in [1.54, 1.807) is 60.1 Å². The third-order valence-electron chi connectivity index (χ3n) is 4.87. The molecule has 0 atom stereocenters. The zero-order valence-electron chi connectivity index (χ0n) is 17.1. The van der Waals surface area contributed by atoms with Gasteiger partial charge in [-0.15, -0.1) is 0 Å². The van der Waals surface area contributed by atoms with E-state index in [9.17, 15) is 14.4 Å². The van der Waals surface area contributed by atoms with Crippen LogP contribution >= 0.6 is 11.6 Å². The molecule has 2 N–H and O–H groups in total. The maximum Gasteiger partial charge on any atom is 0.323 e. The summed E-state index contributed by atoms with van der Waals surface area (Å²) < 4.78 is 1.76. The van der Waals surface area contributed by atoms with Crippen LogP contribution in [0.15, 0.2) is 60.7 Å². The summed E-state index contributed by atoms with van der Waals surface area (Å²) in [6.45, 7) is 1.50. The second-order valence-electron chi connectivity index (χ2n) is 7.04. The molecule has 0 aliphatic carbocycles. The molecule has 3 rings (SSSR count). The summed E-state index contributed by atoms with van der Waals surface area (Å²) in [5.41, 5.74) is 3.13. The van der Waals surface area contributed by atoms with Crippen molar-refractivity contribution < 1.29 is 19.5 Å². The number of carbonyl (C=O) groups is 3. The van der Waals surface area contributed by atoms with Gasteiger partial charge >= 0.3 is 12.0 Å². The molecule has 1 heterocycles. The van der Waals surface area contributed by atoms with Crippen LogP contribution in [0.5, 0.6) is 0 Å². The molecule has 8 heteroatoms. The van der Waals surface area contributed by atoms with E-state index in [2.05, 4.69) is 5.32 Å². The van der Waals surface area contributed by atoms with E-state index in [0.717, 1.165) is 11.3 Å². The molecule has 2 amide bonds. The topological polar surface area (TPSA) is 91.6 Å². The van der Waals surface area contributed by atoms with Gasteiger partial charge in [-0.25, -0.2) is 4.79 Å². The first-order valence-electron chi connectivity index (χ1n) is 9.55. The summed E-state index contributed by atoms with van der Waals surface area (Å²) in [5, 5.41) is 11.8. The first kappa shape index (κ1) is 22.1. The molecule has 0 aliphatic heterocycles. The largest absolute Gasteiger partial charge is 0.480 e. The lowest BCUT2D eigenvalue weighted by Gasteiger charge is -2.23. The Morgan fingerprint density at radius 2 is 1.71 bits per heavy atom. The van der Waals surface area contributed by atoms with Gasteiger partial charge in [-0.05, 0) is 55.0 Å². The molecular formula is C23H22ClN3O4. The molecule has 0 spiro atoms. The van der Waals surface area contributed by atoms with Gasteiger partial charge in [-0.3, -0.25) is 14.5 Å². The SMILES string of the molecule is Cc1cc(CN(C(=O)NCC(=O)O)c2ccccc2)n(C)c1C(=O)c1ccc(Cl)cc1. The van der Waals surface area contributed by atoms with Crippen molar-refractivity contribution in [1.29, 1.82) is 0 Å². The molecule has 0 bridgehead atoms. The van der Waals surface area contributed by atoms with Gasteiger partial charge in [-0.2, -0.15) is 0 Å². The number of carboxylic acids is 1. The van der Waals surface area contributed by atoms with Crippen molar-refractivity contribution in [2.45, 2.75) is 13.5 Å². The molecule has 0 fully saturated rings. The Kier molecular flexibility index (Phi) is 6.77. The molecule has 0 aliphatic rings. The lowest BCUT2D eigenvalue weighted by molar-refractivity contribution is -0.135. The van der Waals surface area contributed by atoms with Crippen molar-refractivity contribution in [2.75, 3.05) is 11.4 Å². The number of carboxylic acid groups (broad SMARTS) is 1. The number of anilines is 1. The van der Waals surface area contributed by atoms with Crippen LogP contribution in [0.25, 0.3) is 0 Å². The van der Waals surface area contributed by atoms with Crippen molar-refractivity contribution in [3.8, 4) is 0 Å². The average Bonchev–Trinajstić information content (AvgIpc) is 3.03. The second-order valence-corrected chi connectivity index (χ2v) is 7.47. The minimum Gasteiger partial charge on any atom is -0.480 e. The fourth-order valence-corrected chi connectivity index (χ4v) is 3.47. The highest BCUT2D eigenvalue weighted by molar-refractivity contribution is 6.30. The van der Waals surface area contributed by atoms with E-state index < -0.39 is 18.5 Å². The molecule has 7 nitrogen and oxygen atoms in total. The highest BCUT2D eigenvalue weighted by Gasteiger charge is 2.22. The summed E-state index contributed by atoms with van der Waals surface area (Å²) in [5.74, 6) is -1.28. The molecule has 0 saturated carbocycles. The van der Waals surface area contributed by atoms with Gasteiger partial charge in [0.15, 0.2) is 0 Å². The van der Waals surface area contributed by atoms with Crippen LogP contribution in [0, 0.1) is 6.92 Å². The van der Waals surface area contributed by atoms with Crippen LogP contribution in [0.1, 0.15) is 27.3 Å². The molecular weight excluding hydrogens is 418 g/mol. The van der Waals surface area contributed by atoms with Gasteiger partial charge in [-0.1, -0.05) is 29.8 Å². The van der Waals surface area contributed by atoms with Crippen molar-refractivity contribution in [3.05, 3.63) is 88.2 Å². The van der Waals surface area contributed by atoms with Gasteiger partial charge < -0.3 is 15.0 Å². The number of nitrogens with one attached hydrogen (secondary N) is 1. The molecule has 31 heavy (non-hydrogen) atoms. The second kappa shape index (κ2) is 9.49. The highest BCUT2D eigenvalue weighted by Crippen LogP contribution is 2.23. The maximum absolute atomic E-state index is 13.1. The number of carbonyl (C=O) groups excluding carboxylic acids is 2. The van der Waals surface area contributed by atoms with Crippen molar-refractivity contribution >= 4 is 35.1 Å². The number of halogens is 1. The van der Waals surface area contributed by atoms with E-state index in [4.69, 9.17) is 16.7 Å².